The molecule has 3 rings (SSSR count). The van der Waals surface area contributed by atoms with Gasteiger partial charge in [0.05, 0.1) is 0 Å². The van der Waals surface area contributed by atoms with Crippen LogP contribution < -0.4 is 0 Å². The Balaban J connectivity index is 1.87. The van der Waals surface area contributed by atoms with E-state index in [4.69, 9.17) is 0 Å². The number of benzene rings is 2. The van der Waals surface area contributed by atoms with Gasteiger partial charge < -0.3 is 0 Å². The molecule has 0 saturated carbocycles. The molecule has 2 aromatic carbocycles. The van der Waals surface area contributed by atoms with Crippen molar-refractivity contribution in [3.63, 3.8) is 0 Å². The second kappa shape index (κ2) is 6.02. The van der Waals surface area contributed by atoms with Crippen molar-refractivity contribution in [3.05, 3.63) is 72.1 Å². The van der Waals surface area contributed by atoms with Gasteiger partial charge >= 0.3 is 0 Å². The van der Waals surface area contributed by atoms with Gasteiger partial charge in [0.15, 0.2) is 5.82 Å². The van der Waals surface area contributed by atoms with Crippen molar-refractivity contribution >= 4 is 10.2 Å². The number of aromatic nitrogens is 2. The monoisotopic (exact) mass is 290 g/mol. The minimum atomic E-state index is 0.776. The summed E-state index contributed by atoms with van der Waals surface area (Å²) < 4.78 is 0. The molecule has 0 bridgehead atoms. The van der Waals surface area contributed by atoms with Gasteiger partial charge in [0.25, 0.3) is 0 Å². The molecule has 1 aromatic heterocycles. The van der Waals surface area contributed by atoms with Crippen LogP contribution in [0.5, 0.6) is 0 Å². The minimum Gasteiger partial charge on any atom is -0.236 e. The maximum Gasteiger partial charge on any atom is 0.159 e. The molecule has 0 aliphatic heterocycles. The molecule has 0 N–H and O–H groups in total. The van der Waals surface area contributed by atoms with E-state index in [0.717, 1.165) is 17.0 Å². The Morgan fingerprint density at radius 1 is 0.762 bits per heavy atom. The summed E-state index contributed by atoms with van der Waals surface area (Å²) >= 11 is 0. The molecule has 3 heteroatoms. The molecule has 104 valence electrons. The number of hydrogen-bond donors (Lipinski definition) is 0. The van der Waals surface area contributed by atoms with E-state index in [9.17, 15) is 0 Å². The zero-order valence-electron chi connectivity index (χ0n) is 12.4. The first kappa shape index (κ1) is 13.7. The number of nitrogens with zero attached hydrogens (tertiary/aromatic N) is 2. The maximum atomic E-state index is 4.37. The molecule has 0 saturated heterocycles. The van der Waals surface area contributed by atoms with Gasteiger partial charge in [-0.25, -0.2) is 9.97 Å². The van der Waals surface area contributed by atoms with Crippen molar-refractivity contribution < 1.29 is 0 Å². The zero-order chi connectivity index (χ0) is 14.7. The summed E-state index contributed by atoms with van der Waals surface area (Å²) in [6.07, 6.45) is 3.70. The maximum absolute atomic E-state index is 4.37. The van der Waals surface area contributed by atoms with Crippen LogP contribution >= 0.6 is 0 Å². The predicted octanol–water partition coefficient (Wildman–Crippen LogP) is 2.98. The first-order valence-corrected chi connectivity index (χ1v) is 8.66. The van der Waals surface area contributed by atoms with Gasteiger partial charge in [-0.3, -0.25) is 0 Å². The lowest BCUT2D eigenvalue weighted by Crippen LogP contribution is -1.89. The van der Waals surface area contributed by atoms with Gasteiger partial charge in [-0.2, -0.15) is 0 Å². The van der Waals surface area contributed by atoms with E-state index in [1.54, 1.807) is 0 Å². The van der Waals surface area contributed by atoms with Crippen molar-refractivity contribution in [3.8, 4) is 22.5 Å². The fraction of sp³-hybridized carbons (Fsp3) is 0.111. The van der Waals surface area contributed by atoms with E-state index >= 15 is 0 Å². The third-order valence-corrected chi connectivity index (χ3v) is 4.44. The van der Waals surface area contributed by atoms with Crippen LogP contribution in [0, 0.1) is 6.92 Å². The van der Waals surface area contributed by atoms with E-state index in [2.05, 4.69) is 58.5 Å². The topological polar surface area (TPSA) is 25.8 Å². The molecule has 3 aromatic rings. The highest BCUT2D eigenvalue weighted by Crippen LogP contribution is 2.23. The van der Waals surface area contributed by atoms with Gasteiger partial charge in [-0.05, 0) is 29.7 Å². The predicted molar refractivity (Wildman–Crippen MR) is 91.3 cm³/mol. The summed E-state index contributed by atoms with van der Waals surface area (Å²) in [5.41, 5.74) is 6.04. The van der Waals surface area contributed by atoms with Crippen molar-refractivity contribution in [1.82, 2.24) is 9.97 Å². The van der Waals surface area contributed by atoms with Crippen molar-refractivity contribution in [2.45, 2.75) is 13.0 Å². The smallest absolute Gasteiger partial charge is 0.159 e. The van der Waals surface area contributed by atoms with Gasteiger partial charge in [0, 0.05) is 28.2 Å². The summed E-state index contributed by atoms with van der Waals surface area (Å²) in [6, 6.07) is 18.5. The lowest BCUT2D eigenvalue weighted by Gasteiger charge is -2.05. The SMILES string of the molecule is Cc1cnc(-c2ccc(-c3ccc(C[SiH3])cc3)cc2)nc1. The highest BCUT2D eigenvalue weighted by molar-refractivity contribution is 6.08. The number of hydrogen-bond acceptors (Lipinski definition) is 2. The van der Waals surface area contributed by atoms with E-state index in [0.29, 0.717) is 0 Å². The van der Waals surface area contributed by atoms with Crippen LogP contribution in [0.4, 0.5) is 0 Å². The van der Waals surface area contributed by atoms with E-state index in [1.165, 1.54) is 33.0 Å². The lowest BCUT2D eigenvalue weighted by molar-refractivity contribution is 1.14. The zero-order valence-corrected chi connectivity index (χ0v) is 14.4. The molecule has 0 unspecified atom stereocenters. The van der Waals surface area contributed by atoms with Crippen LogP contribution in [0.2, 0.25) is 0 Å². The molecule has 0 fully saturated rings. The largest absolute Gasteiger partial charge is 0.236 e. The van der Waals surface area contributed by atoms with Crippen LogP contribution in [0.1, 0.15) is 11.1 Å². The molecule has 0 radical (unpaired) electrons. The van der Waals surface area contributed by atoms with Crippen molar-refractivity contribution in [2.75, 3.05) is 0 Å². The summed E-state index contributed by atoms with van der Waals surface area (Å²) in [5.74, 6) is 0.776. The van der Waals surface area contributed by atoms with E-state index < -0.39 is 0 Å². The number of rotatable bonds is 3. The Hall–Kier alpha value is -2.26. The van der Waals surface area contributed by atoms with Crippen molar-refractivity contribution in [1.29, 1.82) is 0 Å². The molecular formula is C18H18N2Si. The minimum absolute atomic E-state index is 0.776. The Bertz CT molecular complexity index is 717. The average Bonchev–Trinajstić information content (AvgIpc) is 2.56. The first-order valence-electron chi connectivity index (χ1n) is 7.24. The Morgan fingerprint density at radius 2 is 1.24 bits per heavy atom. The van der Waals surface area contributed by atoms with E-state index in [-0.39, 0.29) is 0 Å². The van der Waals surface area contributed by atoms with Crippen LogP contribution in [0.15, 0.2) is 60.9 Å². The van der Waals surface area contributed by atoms with E-state index in [1.807, 2.05) is 19.3 Å². The first-order chi connectivity index (χ1) is 10.3. The Morgan fingerprint density at radius 3 is 1.76 bits per heavy atom. The third kappa shape index (κ3) is 3.08. The van der Waals surface area contributed by atoms with Crippen LogP contribution in [-0.4, -0.2) is 20.2 Å². The summed E-state index contributed by atoms with van der Waals surface area (Å²) in [4.78, 5) is 8.73. The fourth-order valence-electron chi connectivity index (χ4n) is 2.29. The number of aryl methyl sites for hydroxylation is 1. The summed E-state index contributed by atoms with van der Waals surface area (Å²) in [5, 5.41) is 0. The molecule has 0 amide bonds. The molecule has 0 aliphatic rings. The van der Waals surface area contributed by atoms with Crippen LogP contribution in [-0.2, 0) is 6.04 Å². The quantitative estimate of drug-likeness (QED) is 0.693. The normalized spacial score (nSPS) is 10.7. The van der Waals surface area contributed by atoms with Crippen LogP contribution in [0.25, 0.3) is 22.5 Å². The summed E-state index contributed by atoms with van der Waals surface area (Å²) in [7, 11) is 1.21. The molecule has 0 spiro atoms. The molecule has 2 nitrogen and oxygen atoms in total. The molecule has 1 heterocycles. The molecule has 21 heavy (non-hydrogen) atoms. The second-order valence-electron chi connectivity index (χ2n) is 5.21. The molecular weight excluding hydrogens is 272 g/mol. The third-order valence-electron chi connectivity index (χ3n) is 3.62. The van der Waals surface area contributed by atoms with Crippen molar-refractivity contribution in [2.24, 2.45) is 0 Å². The Labute approximate surface area is 128 Å². The average molecular weight is 290 g/mol. The highest BCUT2D eigenvalue weighted by Gasteiger charge is 2.02. The van der Waals surface area contributed by atoms with Gasteiger partial charge in [-0.1, -0.05) is 54.1 Å². The van der Waals surface area contributed by atoms with Crippen LogP contribution in [0.3, 0.4) is 0 Å². The highest BCUT2D eigenvalue weighted by atomic mass is 28.1. The molecule has 0 aliphatic carbocycles. The van der Waals surface area contributed by atoms with Gasteiger partial charge in [0.1, 0.15) is 0 Å². The Kier molecular flexibility index (Phi) is 3.93. The second-order valence-corrected chi connectivity index (χ2v) is 5.92. The lowest BCUT2D eigenvalue weighted by atomic mass is 10.0. The standard InChI is InChI=1S/C18H18N2Si/c1-13-10-19-18(20-11-13)17-8-6-16(7-9-17)15-4-2-14(12-21)3-5-15/h2-11H,12H2,1,21H3. The molecule has 0 atom stereocenters. The fourth-order valence-corrected chi connectivity index (χ4v) is 2.76. The van der Waals surface area contributed by atoms with Gasteiger partial charge in [-0.15, -0.1) is 0 Å². The summed E-state index contributed by atoms with van der Waals surface area (Å²) in [6.45, 7) is 2.00. The van der Waals surface area contributed by atoms with Gasteiger partial charge in [0.2, 0.25) is 0 Å².